The Labute approximate surface area is 187 Å². The SMILES string of the molecule is COc1ccccc1OCCOc1ccc(/C=c2\sc3nc4ccccc4n3c2=O)cc1. The minimum Gasteiger partial charge on any atom is -0.493 e. The summed E-state index contributed by atoms with van der Waals surface area (Å²) in [7, 11) is 1.61. The smallest absolute Gasteiger partial charge is 0.274 e. The van der Waals surface area contributed by atoms with Crippen LogP contribution in [0.5, 0.6) is 17.2 Å². The number of rotatable bonds is 7. The lowest BCUT2D eigenvalue weighted by Crippen LogP contribution is -2.22. The van der Waals surface area contributed by atoms with Crippen molar-refractivity contribution in [3.63, 3.8) is 0 Å². The van der Waals surface area contributed by atoms with Gasteiger partial charge in [0.05, 0.1) is 22.7 Å². The monoisotopic (exact) mass is 444 g/mol. The molecule has 2 aromatic heterocycles. The fourth-order valence-corrected chi connectivity index (χ4v) is 4.46. The Morgan fingerprint density at radius 1 is 0.906 bits per heavy atom. The van der Waals surface area contributed by atoms with E-state index < -0.39 is 0 Å². The maximum Gasteiger partial charge on any atom is 0.274 e. The van der Waals surface area contributed by atoms with Gasteiger partial charge in [-0.05, 0) is 48.0 Å². The van der Waals surface area contributed by atoms with Crippen LogP contribution in [-0.4, -0.2) is 29.7 Å². The highest BCUT2D eigenvalue weighted by molar-refractivity contribution is 7.15. The molecule has 5 rings (SSSR count). The summed E-state index contributed by atoms with van der Waals surface area (Å²) < 4.78 is 19.1. The third-order valence-electron chi connectivity index (χ3n) is 5.00. The first-order valence-electron chi connectivity index (χ1n) is 10.1. The summed E-state index contributed by atoms with van der Waals surface area (Å²) >= 11 is 1.39. The zero-order valence-corrected chi connectivity index (χ0v) is 18.2. The Balaban J connectivity index is 1.26. The number of hydrogen-bond donors (Lipinski definition) is 0. The first-order chi connectivity index (χ1) is 15.7. The molecule has 0 saturated carbocycles. The number of para-hydroxylation sites is 4. The van der Waals surface area contributed by atoms with Crippen molar-refractivity contribution in [2.75, 3.05) is 20.3 Å². The Morgan fingerprint density at radius 2 is 1.62 bits per heavy atom. The number of nitrogens with zero attached hydrogens (tertiary/aromatic N) is 2. The molecule has 32 heavy (non-hydrogen) atoms. The third kappa shape index (κ3) is 3.90. The largest absolute Gasteiger partial charge is 0.493 e. The van der Waals surface area contributed by atoms with Crippen LogP contribution in [0.4, 0.5) is 0 Å². The molecule has 7 heteroatoms. The van der Waals surface area contributed by atoms with Crippen LogP contribution in [0.2, 0.25) is 0 Å². The molecule has 3 aromatic carbocycles. The predicted octanol–water partition coefficient (Wildman–Crippen LogP) is 3.92. The molecule has 6 nitrogen and oxygen atoms in total. The first-order valence-corrected chi connectivity index (χ1v) is 10.9. The summed E-state index contributed by atoms with van der Waals surface area (Å²) in [6.07, 6.45) is 1.88. The molecule has 5 aromatic rings. The van der Waals surface area contributed by atoms with E-state index in [-0.39, 0.29) is 5.56 Å². The molecular weight excluding hydrogens is 424 g/mol. The second-order valence-corrected chi connectivity index (χ2v) is 8.06. The highest BCUT2D eigenvalue weighted by Crippen LogP contribution is 2.25. The number of methoxy groups -OCH3 is 1. The van der Waals surface area contributed by atoms with E-state index in [0.29, 0.717) is 34.2 Å². The molecule has 2 heterocycles. The molecule has 0 amide bonds. The molecule has 160 valence electrons. The second kappa shape index (κ2) is 8.72. The van der Waals surface area contributed by atoms with Crippen LogP contribution in [-0.2, 0) is 0 Å². The van der Waals surface area contributed by atoms with Gasteiger partial charge >= 0.3 is 0 Å². The predicted molar refractivity (Wildman–Crippen MR) is 126 cm³/mol. The van der Waals surface area contributed by atoms with Gasteiger partial charge in [0.15, 0.2) is 16.5 Å². The van der Waals surface area contributed by atoms with Crippen molar-refractivity contribution >= 4 is 33.4 Å². The molecule has 0 unspecified atom stereocenters. The normalized spacial score (nSPS) is 11.8. The van der Waals surface area contributed by atoms with Crippen molar-refractivity contribution in [3.8, 4) is 17.2 Å². The Kier molecular flexibility index (Phi) is 5.47. The molecule has 0 atom stereocenters. The topological polar surface area (TPSA) is 62.1 Å². The van der Waals surface area contributed by atoms with Crippen molar-refractivity contribution < 1.29 is 14.2 Å². The van der Waals surface area contributed by atoms with E-state index in [1.807, 2.05) is 78.9 Å². The van der Waals surface area contributed by atoms with Crippen LogP contribution in [0.1, 0.15) is 5.56 Å². The lowest BCUT2D eigenvalue weighted by atomic mass is 10.2. The fourth-order valence-electron chi connectivity index (χ4n) is 3.47. The number of benzene rings is 3. The van der Waals surface area contributed by atoms with Crippen LogP contribution in [0.3, 0.4) is 0 Å². The quantitative estimate of drug-likeness (QED) is 0.356. The second-order valence-electron chi connectivity index (χ2n) is 7.05. The number of thiazole rings is 1. The summed E-state index contributed by atoms with van der Waals surface area (Å²) in [4.78, 5) is 18.1. The van der Waals surface area contributed by atoms with Crippen LogP contribution >= 0.6 is 11.3 Å². The lowest BCUT2D eigenvalue weighted by Gasteiger charge is -2.11. The van der Waals surface area contributed by atoms with Gasteiger partial charge in [0.25, 0.3) is 5.56 Å². The van der Waals surface area contributed by atoms with Crippen LogP contribution < -0.4 is 24.3 Å². The lowest BCUT2D eigenvalue weighted by molar-refractivity contribution is 0.211. The molecule has 0 fully saturated rings. The average molecular weight is 445 g/mol. The van der Waals surface area contributed by atoms with Gasteiger partial charge in [-0.1, -0.05) is 47.7 Å². The Bertz CT molecular complexity index is 1490. The highest BCUT2D eigenvalue weighted by atomic mass is 32.1. The number of fused-ring (bicyclic) bond motifs is 3. The Hall–Kier alpha value is -3.84. The number of aromatic nitrogens is 2. The van der Waals surface area contributed by atoms with Gasteiger partial charge in [0, 0.05) is 0 Å². The van der Waals surface area contributed by atoms with Crippen molar-refractivity contribution in [1.29, 1.82) is 0 Å². The summed E-state index contributed by atoms with van der Waals surface area (Å²) in [5.41, 5.74) is 2.54. The number of hydrogen-bond acceptors (Lipinski definition) is 6. The van der Waals surface area contributed by atoms with Crippen molar-refractivity contribution in [2.45, 2.75) is 0 Å². The maximum absolute atomic E-state index is 12.9. The average Bonchev–Trinajstić information content (AvgIpc) is 3.34. The van der Waals surface area contributed by atoms with Crippen LogP contribution in [0.15, 0.2) is 77.6 Å². The molecule has 0 aliphatic carbocycles. The zero-order chi connectivity index (χ0) is 21.9. The standard InChI is InChI=1S/C25H20N2O4S/c1-29-21-8-4-5-9-22(21)31-15-14-30-18-12-10-17(11-13-18)16-23-24(28)27-20-7-3-2-6-19(20)26-25(27)32-23/h2-13,16H,14-15H2,1H3/b23-16-. The molecule has 0 bridgehead atoms. The zero-order valence-electron chi connectivity index (χ0n) is 17.4. The maximum atomic E-state index is 12.9. The van der Waals surface area contributed by atoms with Gasteiger partial charge < -0.3 is 14.2 Å². The van der Waals surface area contributed by atoms with E-state index in [1.165, 1.54) is 11.3 Å². The van der Waals surface area contributed by atoms with Gasteiger partial charge in [-0.25, -0.2) is 9.38 Å². The first kappa shape index (κ1) is 20.1. The van der Waals surface area contributed by atoms with Gasteiger partial charge in [0.1, 0.15) is 19.0 Å². The summed E-state index contributed by atoms with van der Waals surface area (Å²) in [5, 5.41) is 0. The van der Waals surface area contributed by atoms with Crippen molar-refractivity contribution in [2.24, 2.45) is 0 Å². The molecule has 0 spiro atoms. The molecular formula is C25H20N2O4S. The summed E-state index contributed by atoms with van der Waals surface area (Å²) in [5.74, 6) is 2.12. The van der Waals surface area contributed by atoms with Crippen molar-refractivity contribution in [1.82, 2.24) is 9.38 Å². The van der Waals surface area contributed by atoms with E-state index in [1.54, 1.807) is 11.5 Å². The minimum atomic E-state index is -0.0486. The van der Waals surface area contributed by atoms with Crippen molar-refractivity contribution in [3.05, 3.63) is 93.2 Å². The van der Waals surface area contributed by atoms with E-state index in [4.69, 9.17) is 14.2 Å². The number of ether oxygens (including phenoxy) is 3. The number of imidazole rings is 1. The highest BCUT2D eigenvalue weighted by Gasteiger charge is 2.10. The molecule has 0 N–H and O–H groups in total. The third-order valence-corrected chi connectivity index (χ3v) is 5.97. The summed E-state index contributed by atoms with van der Waals surface area (Å²) in [6, 6.07) is 22.8. The van der Waals surface area contributed by atoms with Crippen LogP contribution in [0, 0.1) is 0 Å². The van der Waals surface area contributed by atoms with Gasteiger partial charge in [-0.2, -0.15) is 0 Å². The fraction of sp³-hybridized carbons (Fsp3) is 0.120. The Morgan fingerprint density at radius 3 is 2.44 bits per heavy atom. The summed E-state index contributed by atoms with van der Waals surface area (Å²) in [6.45, 7) is 0.803. The van der Waals surface area contributed by atoms with E-state index in [2.05, 4.69) is 4.98 Å². The molecule has 0 radical (unpaired) electrons. The molecule has 0 aliphatic heterocycles. The minimum absolute atomic E-state index is 0.0486. The van der Waals surface area contributed by atoms with Crippen LogP contribution in [0.25, 0.3) is 22.1 Å². The van der Waals surface area contributed by atoms with Gasteiger partial charge in [-0.15, -0.1) is 0 Å². The van der Waals surface area contributed by atoms with Gasteiger partial charge in [-0.3, -0.25) is 4.79 Å². The van der Waals surface area contributed by atoms with Gasteiger partial charge in [0.2, 0.25) is 0 Å². The van der Waals surface area contributed by atoms with E-state index >= 15 is 0 Å². The molecule has 0 saturated heterocycles. The van der Waals surface area contributed by atoms with E-state index in [0.717, 1.165) is 22.3 Å². The van der Waals surface area contributed by atoms with E-state index in [9.17, 15) is 4.79 Å². The molecule has 0 aliphatic rings.